The van der Waals surface area contributed by atoms with Crippen molar-refractivity contribution in [3.05, 3.63) is 60.8 Å². The number of esters is 2. The van der Waals surface area contributed by atoms with Crippen LogP contribution in [0.5, 0.6) is 0 Å². The monoisotopic (exact) mass is 881 g/mol. The SMILES string of the molecule is CC/C=C\C/C=C\C/C=C\C/C=C\C/C=C\CC(=O)OC(COC(=O)CCCCCCCCCCCCCCCCCCCCCCCCC)COP(=O)(O)OCC(O)CO. The van der Waals surface area contributed by atoms with Crippen molar-refractivity contribution in [3.63, 3.8) is 0 Å². The molecular weight excluding hydrogens is 792 g/mol. The second-order valence-corrected chi connectivity index (χ2v) is 17.6. The van der Waals surface area contributed by atoms with Gasteiger partial charge >= 0.3 is 19.8 Å². The van der Waals surface area contributed by atoms with Gasteiger partial charge in [-0.25, -0.2) is 4.57 Å². The zero-order valence-electron chi connectivity index (χ0n) is 38.6. The molecule has 3 atom stereocenters. The summed E-state index contributed by atoms with van der Waals surface area (Å²) < 4.78 is 32.6. The predicted molar refractivity (Wildman–Crippen MR) is 251 cm³/mol. The van der Waals surface area contributed by atoms with E-state index in [2.05, 4.69) is 54.8 Å². The number of ether oxygens (including phenoxy) is 2. The van der Waals surface area contributed by atoms with Crippen molar-refractivity contribution in [2.75, 3.05) is 26.4 Å². The minimum absolute atomic E-state index is 0.0482. The molecule has 10 nitrogen and oxygen atoms in total. The summed E-state index contributed by atoms with van der Waals surface area (Å²) in [6, 6.07) is 0. The Bertz CT molecular complexity index is 1200. The van der Waals surface area contributed by atoms with Crippen molar-refractivity contribution in [2.24, 2.45) is 0 Å². The van der Waals surface area contributed by atoms with E-state index in [-0.39, 0.29) is 19.4 Å². The fourth-order valence-corrected chi connectivity index (χ4v) is 7.33. The van der Waals surface area contributed by atoms with E-state index in [0.717, 1.165) is 44.9 Å². The van der Waals surface area contributed by atoms with Crippen molar-refractivity contribution < 1.29 is 47.8 Å². The zero-order valence-corrected chi connectivity index (χ0v) is 39.5. The molecule has 0 aromatic rings. The summed E-state index contributed by atoms with van der Waals surface area (Å²) in [7, 11) is -4.65. The van der Waals surface area contributed by atoms with Gasteiger partial charge in [-0.1, -0.05) is 216 Å². The van der Waals surface area contributed by atoms with Gasteiger partial charge in [-0.15, -0.1) is 0 Å². The first-order valence-corrected chi connectivity index (χ1v) is 25.7. The second kappa shape index (κ2) is 45.7. The van der Waals surface area contributed by atoms with Crippen LogP contribution in [0, 0.1) is 0 Å². The first-order chi connectivity index (χ1) is 29.7. The Kier molecular flexibility index (Phi) is 43.9. The Hall–Kier alpha value is -2.33. The van der Waals surface area contributed by atoms with E-state index in [1.165, 1.54) is 122 Å². The molecule has 3 unspecified atom stereocenters. The van der Waals surface area contributed by atoms with Crippen LogP contribution < -0.4 is 0 Å². The van der Waals surface area contributed by atoms with Crippen LogP contribution >= 0.6 is 7.82 Å². The molecule has 0 aliphatic heterocycles. The minimum Gasteiger partial charge on any atom is -0.462 e. The van der Waals surface area contributed by atoms with Crippen LogP contribution in [0.3, 0.4) is 0 Å². The van der Waals surface area contributed by atoms with Gasteiger partial charge in [0.05, 0.1) is 26.2 Å². The second-order valence-electron chi connectivity index (χ2n) is 16.1. The molecule has 354 valence electrons. The number of hydrogen-bond donors (Lipinski definition) is 3. The van der Waals surface area contributed by atoms with Crippen LogP contribution in [0.15, 0.2) is 60.8 Å². The molecule has 3 N–H and O–H groups in total. The topological polar surface area (TPSA) is 149 Å². The highest BCUT2D eigenvalue weighted by Crippen LogP contribution is 2.43. The van der Waals surface area contributed by atoms with E-state index in [0.29, 0.717) is 12.8 Å². The fourth-order valence-electron chi connectivity index (χ4n) is 6.54. The lowest BCUT2D eigenvalue weighted by Gasteiger charge is -2.20. The van der Waals surface area contributed by atoms with Gasteiger partial charge in [0.2, 0.25) is 0 Å². The third-order valence-electron chi connectivity index (χ3n) is 10.2. The van der Waals surface area contributed by atoms with Crippen molar-refractivity contribution in [1.29, 1.82) is 0 Å². The first kappa shape index (κ1) is 58.7. The smallest absolute Gasteiger partial charge is 0.462 e. The quantitative estimate of drug-likeness (QED) is 0.0233. The van der Waals surface area contributed by atoms with Gasteiger partial charge in [0, 0.05) is 6.42 Å². The molecule has 0 aromatic carbocycles. The molecule has 0 fully saturated rings. The van der Waals surface area contributed by atoms with Gasteiger partial charge in [-0.3, -0.25) is 18.6 Å². The number of phosphoric ester groups is 1. The van der Waals surface area contributed by atoms with Crippen LogP contribution in [-0.2, 0) is 32.7 Å². The van der Waals surface area contributed by atoms with Gasteiger partial charge in [-0.05, 0) is 38.5 Å². The summed E-state index contributed by atoms with van der Waals surface area (Å²) in [4.78, 5) is 35.0. The summed E-state index contributed by atoms with van der Waals surface area (Å²) in [5.74, 6) is -1.07. The summed E-state index contributed by atoms with van der Waals surface area (Å²) in [5.41, 5.74) is 0. The summed E-state index contributed by atoms with van der Waals surface area (Å²) in [5, 5.41) is 18.4. The number of phosphoric acid groups is 1. The average Bonchev–Trinajstić information content (AvgIpc) is 3.25. The van der Waals surface area contributed by atoms with Crippen molar-refractivity contribution in [3.8, 4) is 0 Å². The molecule has 0 saturated heterocycles. The molecule has 0 aromatic heterocycles. The van der Waals surface area contributed by atoms with E-state index in [1.807, 2.05) is 18.2 Å². The van der Waals surface area contributed by atoms with Crippen LogP contribution in [-0.4, -0.2) is 65.7 Å². The normalized spacial score (nSPS) is 14.2. The fraction of sp³-hybridized carbons (Fsp3) is 0.760. The van der Waals surface area contributed by atoms with Crippen LogP contribution in [0.2, 0.25) is 0 Å². The molecule has 0 aliphatic rings. The van der Waals surface area contributed by atoms with E-state index in [9.17, 15) is 24.2 Å². The van der Waals surface area contributed by atoms with Gasteiger partial charge in [-0.2, -0.15) is 0 Å². The number of hydrogen-bond acceptors (Lipinski definition) is 9. The number of rotatable bonds is 45. The third kappa shape index (κ3) is 45.5. The maximum atomic E-state index is 12.6. The highest BCUT2D eigenvalue weighted by Gasteiger charge is 2.27. The number of unbranched alkanes of at least 4 members (excludes halogenated alkanes) is 22. The van der Waals surface area contributed by atoms with Gasteiger partial charge in [0.15, 0.2) is 6.10 Å². The molecule has 0 saturated carbocycles. The predicted octanol–water partition coefficient (Wildman–Crippen LogP) is 13.5. The lowest BCUT2D eigenvalue weighted by Crippen LogP contribution is -2.29. The lowest BCUT2D eigenvalue weighted by molar-refractivity contribution is -0.160. The maximum Gasteiger partial charge on any atom is 0.472 e. The highest BCUT2D eigenvalue weighted by atomic mass is 31.2. The van der Waals surface area contributed by atoms with Crippen molar-refractivity contribution in [2.45, 2.75) is 219 Å². The average molecular weight is 881 g/mol. The van der Waals surface area contributed by atoms with E-state index >= 15 is 0 Å². The van der Waals surface area contributed by atoms with E-state index in [4.69, 9.17) is 19.1 Å². The molecule has 0 amide bonds. The summed E-state index contributed by atoms with van der Waals surface area (Å²) in [6.07, 6.45) is 52.3. The standard InChI is InChI=1S/C50H89O10P/c1-3-5-7-9-11-13-15-17-19-20-21-22-23-24-25-26-28-29-31-33-35-37-39-41-49(53)57-45-48(46-59-61(55,56)58-44-47(52)43-51)60-50(54)42-40-38-36-34-32-30-27-18-16-14-12-10-8-6-4-2/h6,8,12,14,18,27,32,34,38,40,47-48,51-52H,3-5,7,9-11,13,15-17,19-26,28-31,33,35-37,39,41-46H2,1-2H3,(H,55,56)/b8-6-,14-12-,27-18-,34-32-,40-38-. The lowest BCUT2D eigenvalue weighted by atomic mass is 10.0. The Labute approximate surface area is 372 Å². The van der Waals surface area contributed by atoms with Gasteiger partial charge < -0.3 is 24.6 Å². The molecule has 61 heavy (non-hydrogen) atoms. The third-order valence-corrected chi connectivity index (χ3v) is 11.2. The molecule has 0 heterocycles. The van der Waals surface area contributed by atoms with Crippen molar-refractivity contribution in [1.82, 2.24) is 0 Å². The number of carbonyl (C=O) groups excluding carboxylic acids is 2. The van der Waals surface area contributed by atoms with Crippen LogP contribution in [0.4, 0.5) is 0 Å². The van der Waals surface area contributed by atoms with Crippen LogP contribution in [0.25, 0.3) is 0 Å². The van der Waals surface area contributed by atoms with E-state index in [1.54, 1.807) is 6.08 Å². The number of allylic oxidation sites excluding steroid dienone is 9. The molecule has 0 bridgehead atoms. The number of aliphatic hydroxyl groups excluding tert-OH is 2. The Morgan fingerprint density at radius 2 is 0.885 bits per heavy atom. The van der Waals surface area contributed by atoms with Crippen molar-refractivity contribution >= 4 is 19.8 Å². The number of carbonyl (C=O) groups is 2. The Morgan fingerprint density at radius 1 is 0.508 bits per heavy atom. The first-order valence-electron chi connectivity index (χ1n) is 24.2. The molecule has 11 heteroatoms. The number of aliphatic hydroxyl groups is 2. The minimum atomic E-state index is -4.65. The molecule has 0 aliphatic carbocycles. The van der Waals surface area contributed by atoms with E-state index < -0.39 is 51.8 Å². The highest BCUT2D eigenvalue weighted by molar-refractivity contribution is 7.47. The Morgan fingerprint density at radius 3 is 1.30 bits per heavy atom. The zero-order chi connectivity index (χ0) is 44.8. The summed E-state index contributed by atoms with van der Waals surface area (Å²) >= 11 is 0. The van der Waals surface area contributed by atoms with Gasteiger partial charge in [0.1, 0.15) is 12.7 Å². The maximum absolute atomic E-state index is 12.6. The molecule has 0 spiro atoms. The molecular formula is C50H89O10P. The largest absolute Gasteiger partial charge is 0.472 e. The van der Waals surface area contributed by atoms with Gasteiger partial charge in [0.25, 0.3) is 0 Å². The molecule has 0 rings (SSSR count). The Balaban J connectivity index is 4.23. The summed E-state index contributed by atoms with van der Waals surface area (Å²) in [6.45, 7) is 2.18. The van der Waals surface area contributed by atoms with Crippen LogP contribution in [0.1, 0.15) is 206 Å². The molecule has 0 radical (unpaired) electrons.